The molecule has 0 radical (unpaired) electrons. The first-order valence-electron chi connectivity index (χ1n) is 15.1. The number of likely N-dealkylation sites (tertiary alicyclic amines) is 2. The molecule has 0 amide bonds. The summed E-state index contributed by atoms with van der Waals surface area (Å²) in [5, 5.41) is 0. The van der Waals surface area contributed by atoms with E-state index in [1.165, 1.54) is 63.8 Å². The van der Waals surface area contributed by atoms with Gasteiger partial charge in [-0.25, -0.2) is 0 Å². The molecule has 41 heavy (non-hydrogen) atoms. The number of benzene rings is 2. The summed E-state index contributed by atoms with van der Waals surface area (Å²) in [7, 11) is 2.14. The topological polar surface area (TPSA) is 18.8 Å². The first-order chi connectivity index (χ1) is 19.6. The molecule has 0 spiro atoms. The minimum absolute atomic E-state index is 0.295. The number of rotatable bonds is 12. The van der Waals surface area contributed by atoms with Crippen LogP contribution in [0.2, 0.25) is 0 Å². The van der Waals surface area contributed by atoms with Gasteiger partial charge in [0.15, 0.2) is 0 Å². The van der Waals surface area contributed by atoms with Crippen molar-refractivity contribution in [1.82, 2.24) is 9.80 Å². The van der Waals surface area contributed by atoms with E-state index >= 15 is 0 Å². The zero-order valence-electron chi connectivity index (χ0n) is 25.9. The molecule has 2 aliphatic rings. The molecule has 2 atom stereocenters. The van der Waals surface area contributed by atoms with E-state index in [0.717, 1.165) is 55.7 Å². The quantitative estimate of drug-likeness (QED) is 0.150. The van der Waals surface area contributed by atoms with Crippen molar-refractivity contribution in [1.29, 1.82) is 0 Å². The third kappa shape index (κ3) is 7.26. The Morgan fingerprint density at radius 3 is 2.12 bits per heavy atom. The lowest BCUT2D eigenvalue weighted by molar-refractivity contribution is 0.381. The van der Waals surface area contributed by atoms with Crippen molar-refractivity contribution < 1.29 is 0 Å². The highest BCUT2D eigenvalue weighted by Gasteiger charge is 2.27. The van der Waals surface area contributed by atoms with Gasteiger partial charge in [0.05, 0.1) is 11.7 Å². The fraction of sp³-hybridized carbons (Fsp3) is 0.395. The monoisotopic (exact) mass is 547 g/mol. The highest BCUT2D eigenvalue weighted by molar-refractivity contribution is 5.75. The van der Waals surface area contributed by atoms with Crippen molar-refractivity contribution in [3.05, 3.63) is 113 Å². The Bertz CT molecular complexity index is 1370. The molecule has 0 aliphatic carbocycles. The van der Waals surface area contributed by atoms with Gasteiger partial charge in [-0.1, -0.05) is 62.1 Å². The lowest BCUT2D eigenvalue weighted by atomic mass is 9.93. The molecule has 2 fully saturated rings. The predicted molar refractivity (Wildman–Crippen MR) is 180 cm³/mol. The van der Waals surface area contributed by atoms with Gasteiger partial charge in [0.25, 0.3) is 0 Å². The summed E-state index contributed by atoms with van der Waals surface area (Å²) >= 11 is 0. The molecule has 2 aromatic carbocycles. The SMILES string of the molecule is C=Cc1cc(C)c(CCCCCc2cc(C)c(C(=C)N3CC(=C)CC3C=C)cc2C)cc1N=CC1CC(=C)CN1C. The summed E-state index contributed by atoms with van der Waals surface area (Å²) < 4.78 is 0. The van der Waals surface area contributed by atoms with E-state index in [0.29, 0.717) is 12.1 Å². The molecule has 2 unspecified atom stereocenters. The maximum atomic E-state index is 4.91. The standard InChI is InChI=1S/C38H49N3/c1-10-32-19-28(5)34(22-38(32)39-23-36-18-26(3)24-40(36)9)16-14-12-13-15-33-20-30(7)37(21-29(33)6)31(8)41-25-27(4)17-35(41)11-2/h10-11,19-23,35-36H,1-4,8,12-18,24-25H2,5-7,9H3. The Morgan fingerprint density at radius 2 is 1.49 bits per heavy atom. The minimum atomic E-state index is 0.295. The third-order valence-corrected chi connectivity index (χ3v) is 8.92. The van der Waals surface area contributed by atoms with Gasteiger partial charge < -0.3 is 4.90 Å². The maximum absolute atomic E-state index is 4.91. The maximum Gasteiger partial charge on any atom is 0.0701 e. The van der Waals surface area contributed by atoms with Gasteiger partial charge in [-0.05, 0) is 118 Å². The number of nitrogens with zero attached hydrogens (tertiary/aromatic N) is 3. The van der Waals surface area contributed by atoms with Crippen molar-refractivity contribution in [3.8, 4) is 0 Å². The van der Waals surface area contributed by atoms with Crippen molar-refractivity contribution in [3.63, 3.8) is 0 Å². The molecule has 0 aromatic heterocycles. The number of aliphatic imine (C=N–C) groups is 1. The molecule has 2 aromatic rings. The zero-order chi connectivity index (χ0) is 29.7. The van der Waals surface area contributed by atoms with Crippen LogP contribution in [-0.4, -0.2) is 48.2 Å². The van der Waals surface area contributed by atoms with Crippen LogP contribution in [-0.2, 0) is 12.8 Å². The van der Waals surface area contributed by atoms with Crippen LogP contribution in [0.1, 0.15) is 71.0 Å². The summed E-state index contributed by atoms with van der Waals surface area (Å²) in [6.45, 7) is 29.4. The molecule has 2 saturated heterocycles. The summed E-state index contributed by atoms with van der Waals surface area (Å²) in [5.41, 5.74) is 13.8. The van der Waals surface area contributed by atoms with E-state index in [1.807, 2.05) is 12.2 Å². The van der Waals surface area contributed by atoms with Crippen molar-refractivity contribution in [2.75, 3.05) is 20.1 Å². The Hall–Kier alpha value is -3.43. The minimum Gasteiger partial charge on any atom is -0.361 e. The van der Waals surface area contributed by atoms with Crippen LogP contribution in [0.4, 0.5) is 5.69 Å². The molecule has 0 N–H and O–H groups in total. The fourth-order valence-electron chi connectivity index (χ4n) is 6.38. The van der Waals surface area contributed by atoms with Gasteiger partial charge in [-0.3, -0.25) is 9.89 Å². The van der Waals surface area contributed by atoms with Gasteiger partial charge in [-0.15, -0.1) is 6.58 Å². The van der Waals surface area contributed by atoms with Crippen LogP contribution in [0, 0.1) is 20.8 Å². The van der Waals surface area contributed by atoms with Crippen LogP contribution in [0.25, 0.3) is 11.8 Å². The zero-order valence-corrected chi connectivity index (χ0v) is 25.9. The number of unbranched alkanes of at least 4 members (excludes halogenated alkanes) is 2. The molecule has 0 saturated carbocycles. The van der Waals surface area contributed by atoms with Gasteiger partial charge in [-0.2, -0.15) is 0 Å². The molecule has 3 nitrogen and oxygen atoms in total. The Morgan fingerprint density at radius 1 is 0.854 bits per heavy atom. The average Bonchev–Trinajstić information content (AvgIpc) is 3.49. The average molecular weight is 548 g/mol. The Balaban J connectivity index is 1.33. The van der Waals surface area contributed by atoms with E-state index in [9.17, 15) is 0 Å². The van der Waals surface area contributed by atoms with E-state index < -0.39 is 0 Å². The first-order valence-corrected chi connectivity index (χ1v) is 15.1. The Kier molecular flexibility index (Phi) is 10.0. The molecule has 4 rings (SSSR count). The molecule has 2 heterocycles. The molecule has 2 aliphatic heterocycles. The lowest BCUT2D eigenvalue weighted by Crippen LogP contribution is -2.26. The van der Waals surface area contributed by atoms with Crippen LogP contribution in [0.3, 0.4) is 0 Å². The second-order valence-electron chi connectivity index (χ2n) is 12.2. The van der Waals surface area contributed by atoms with E-state index in [1.54, 1.807) is 0 Å². The predicted octanol–water partition coefficient (Wildman–Crippen LogP) is 8.96. The van der Waals surface area contributed by atoms with Crippen LogP contribution in [0.5, 0.6) is 0 Å². The van der Waals surface area contributed by atoms with Gasteiger partial charge in [0, 0.05) is 36.6 Å². The van der Waals surface area contributed by atoms with Gasteiger partial charge >= 0.3 is 0 Å². The molecule has 3 heteroatoms. The molecular weight excluding hydrogens is 498 g/mol. The molecular formula is C38H49N3. The number of hydrogen-bond acceptors (Lipinski definition) is 3. The molecule has 0 bridgehead atoms. The smallest absolute Gasteiger partial charge is 0.0701 e. The van der Waals surface area contributed by atoms with Crippen LogP contribution < -0.4 is 0 Å². The lowest BCUT2D eigenvalue weighted by Gasteiger charge is -2.28. The van der Waals surface area contributed by atoms with Crippen LogP contribution in [0.15, 0.2) is 79.4 Å². The summed E-state index contributed by atoms with van der Waals surface area (Å²) in [6.07, 6.45) is 13.8. The van der Waals surface area contributed by atoms with Gasteiger partial charge in [0.1, 0.15) is 0 Å². The molecule has 216 valence electrons. The normalized spacial score (nSPS) is 19.5. The van der Waals surface area contributed by atoms with Crippen LogP contribution >= 0.6 is 0 Å². The van der Waals surface area contributed by atoms with E-state index in [4.69, 9.17) is 4.99 Å². The third-order valence-electron chi connectivity index (χ3n) is 8.92. The van der Waals surface area contributed by atoms with Crippen molar-refractivity contribution in [2.45, 2.75) is 77.8 Å². The summed E-state index contributed by atoms with van der Waals surface area (Å²) in [6, 6.07) is 9.85. The summed E-state index contributed by atoms with van der Waals surface area (Å²) in [4.78, 5) is 9.57. The summed E-state index contributed by atoms with van der Waals surface area (Å²) in [5.74, 6) is 0. The van der Waals surface area contributed by atoms with E-state index in [-0.39, 0.29) is 0 Å². The first kappa shape index (κ1) is 30.5. The largest absolute Gasteiger partial charge is 0.361 e. The highest BCUT2D eigenvalue weighted by Crippen LogP contribution is 2.33. The number of hydrogen-bond donors (Lipinski definition) is 0. The van der Waals surface area contributed by atoms with E-state index in [2.05, 4.69) is 101 Å². The number of aryl methyl sites for hydroxylation is 5. The van der Waals surface area contributed by atoms with Crippen molar-refractivity contribution >= 4 is 23.7 Å². The number of likely N-dealkylation sites (N-methyl/N-ethyl adjacent to an activating group) is 1. The fourth-order valence-corrected chi connectivity index (χ4v) is 6.38. The van der Waals surface area contributed by atoms with Crippen molar-refractivity contribution in [2.24, 2.45) is 4.99 Å². The Labute approximate surface area is 249 Å². The highest BCUT2D eigenvalue weighted by atomic mass is 15.2. The second kappa shape index (κ2) is 13.5. The van der Waals surface area contributed by atoms with Gasteiger partial charge in [0.2, 0.25) is 0 Å². The second-order valence-corrected chi connectivity index (χ2v) is 12.2.